The number of carbonyl (C=O) groups excluding carboxylic acids is 1. The summed E-state index contributed by atoms with van der Waals surface area (Å²) in [5.74, 6) is -1.03. The molecule has 1 heterocycles. The normalized spacial score (nSPS) is 16.2. The van der Waals surface area contributed by atoms with Crippen molar-refractivity contribution in [2.24, 2.45) is 0 Å². The Kier molecular flexibility index (Phi) is 5.81. The molecule has 0 radical (unpaired) electrons. The van der Waals surface area contributed by atoms with Gasteiger partial charge < -0.3 is 14.7 Å². The standard InChI is InChI=1S/C16H20N2O6S/c1-12(19)17-7-9-18(10-8-17)25(22,23)15-11-13(4-6-16(20)21)3-5-14(15)24-2/h3-6,11H,7-10H2,1-2H3,(H,20,21)/b6-4-. The molecule has 1 aromatic rings. The molecule has 0 saturated carbocycles. The topological polar surface area (TPSA) is 104 Å². The lowest BCUT2D eigenvalue weighted by atomic mass is 10.2. The van der Waals surface area contributed by atoms with E-state index in [1.807, 2.05) is 0 Å². The van der Waals surface area contributed by atoms with Gasteiger partial charge in [0, 0.05) is 39.2 Å². The van der Waals surface area contributed by atoms with Crippen LogP contribution in [0, 0.1) is 0 Å². The first-order valence-corrected chi connectivity index (χ1v) is 9.04. The molecule has 1 amide bonds. The molecule has 1 saturated heterocycles. The van der Waals surface area contributed by atoms with Crippen LogP contribution in [0.3, 0.4) is 0 Å². The molecule has 1 N–H and O–H groups in total. The zero-order valence-electron chi connectivity index (χ0n) is 14.0. The molecule has 1 aliphatic rings. The molecule has 1 fully saturated rings. The van der Waals surface area contributed by atoms with Crippen LogP contribution in [0.25, 0.3) is 6.08 Å². The molecule has 0 bridgehead atoms. The molecule has 0 aromatic heterocycles. The van der Waals surface area contributed by atoms with Crippen molar-refractivity contribution in [2.45, 2.75) is 11.8 Å². The number of carboxylic acids is 1. The Labute approximate surface area is 146 Å². The molecule has 9 heteroatoms. The summed E-state index contributed by atoms with van der Waals surface area (Å²) in [4.78, 5) is 23.6. The van der Waals surface area contributed by atoms with Crippen LogP contribution in [-0.4, -0.2) is 67.9 Å². The predicted octanol–water partition coefficient (Wildman–Crippen LogP) is 0.646. The van der Waals surface area contributed by atoms with Gasteiger partial charge in [0.15, 0.2) is 0 Å². The third kappa shape index (κ3) is 4.37. The lowest BCUT2D eigenvalue weighted by Gasteiger charge is -2.33. The van der Waals surface area contributed by atoms with Gasteiger partial charge in [-0.05, 0) is 23.8 Å². The van der Waals surface area contributed by atoms with Gasteiger partial charge in [0.2, 0.25) is 15.9 Å². The smallest absolute Gasteiger partial charge is 0.328 e. The number of amides is 1. The molecule has 25 heavy (non-hydrogen) atoms. The number of rotatable bonds is 5. The lowest BCUT2D eigenvalue weighted by molar-refractivity contribution is -0.131. The Morgan fingerprint density at radius 2 is 1.84 bits per heavy atom. The summed E-state index contributed by atoms with van der Waals surface area (Å²) in [5, 5.41) is 8.71. The van der Waals surface area contributed by atoms with Crippen molar-refractivity contribution in [3.8, 4) is 5.75 Å². The monoisotopic (exact) mass is 368 g/mol. The van der Waals surface area contributed by atoms with Crippen molar-refractivity contribution in [3.63, 3.8) is 0 Å². The van der Waals surface area contributed by atoms with Crippen LogP contribution in [0.2, 0.25) is 0 Å². The summed E-state index contributed by atoms with van der Waals surface area (Å²) in [5.41, 5.74) is 0.434. The Hall–Kier alpha value is -2.39. The maximum Gasteiger partial charge on any atom is 0.328 e. The molecule has 0 unspecified atom stereocenters. The van der Waals surface area contributed by atoms with Crippen molar-refractivity contribution < 1.29 is 27.9 Å². The number of ether oxygens (including phenoxy) is 1. The van der Waals surface area contributed by atoms with Gasteiger partial charge in [-0.3, -0.25) is 4.79 Å². The van der Waals surface area contributed by atoms with E-state index in [0.29, 0.717) is 18.7 Å². The van der Waals surface area contributed by atoms with Crippen LogP contribution in [0.5, 0.6) is 5.75 Å². The van der Waals surface area contributed by atoms with Gasteiger partial charge in [0.1, 0.15) is 10.6 Å². The Morgan fingerprint density at radius 1 is 1.20 bits per heavy atom. The van der Waals surface area contributed by atoms with Crippen LogP contribution in [-0.2, 0) is 19.6 Å². The van der Waals surface area contributed by atoms with E-state index >= 15 is 0 Å². The van der Waals surface area contributed by atoms with E-state index in [-0.39, 0.29) is 29.6 Å². The van der Waals surface area contributed by atoms with Gasteiger partial charge in [0.05, 0.1) is 7.11 Å². The van der Waals surface area contributed by atoms with Crippen molar-refractivity contribution >= 4 is 28.0 Å². The summed E-state index contributed by atoms with van der Waals surface area (Å²) in [6.07, 6.45) is 2.25. The summed E-state index contributed by atoms with van der Waals surface area (Å²) in [6.45, 7) is 2.50. The Balaban J connectivity index is 2.33. The van der Waals surface area contributed by atoms with E-state index in [1.165, 1.54) is 36.5 Å². The molecule has 0 spiro atoms. The number of hydrogen-bond acceptors (Lipinski definition) is 5. The zero-order valence-corrected chi connectivity index (χ0v) is 14.8. The number of methoxy groups -OCH3 is 1. The highest BCUT2D eigenvalue weighted by Crippen LogP contribution is 2.29. The minimum absolute atomic E-state index is 0.0289. The molecule has 8 nitrogen and oxygen atoms in total. The minimum atomic E-state index is -3.83. The third-order valence-corrected chi connectivity index (χ3v) is 5.83. The number of sulfonamides is 1. The molecule has 136 valence electrons. The highest BCUT2D eigenvalue weighted by Gasteiger charge is 2.31. The maximum atomic E-state index is 12.9. The fourth-order valence-corrected chi connectivity index (χ4v) is 4.16. The van der Waals surface area contributed by atoms with E-state index in [0.717, 1.165) is 6.08 Å². The van der Waals surface area contributed by atoms with Gasteiger partial charge in [-0.1, -0.05) is 6.07 Å². The number of nitrogens with zero attached hydrogens (tertiary/aromatic N) is 2. The van der Waals surface area contributed by atoms with Gasteiger partial charge >= 0.3 is 5.97 Å². The molecule has 2 rings (SSSR count). The molecule has 1 aliphatic heterocycles. The summed E-state index contributed by atoms with van der Waals surface area (Å²) < 4.78 is 32.3. The van der Waals surface area contributed by atoms with Crippen molar-refractivity contribution in [1.29, 1.82) is 0 Å². The molecular formula is C16H20N2O6S. The predicted molar refractivity (Wildman–Crippen MR) is 90.7 cm³/mol. The summed E-state index contributed by atoms with van der Waals surface area (Å²) in [7, 11) is -2.46. The van der Waals surface area contributed by atoms with E-state index in [1.54, 1.807) is 11.0 Å². The van der Waals surface area contributed by atoms with E-state index < -0.39 is 16.0 Å². The second-order valence-electron chi connectivity index (χ2n) is 5.49. The van der Waals surface area contributed by atoms with Crippen LogP contribution in [0.1, 0.15) is 12.5 Å². The highest BCUT2D eigenvalue weighted by molar-refractivity contribution is 7.89. The number of carboxylic acid groups (broad SMARTS) is 1. The quantitative estimate of drug-likeness (QED) is 0.765. The van der Waals surface area contributed by atoms with Crippen LogP contribution >= 0.6 is 0 Å². The first-order valence-electron chi connectivity index (χ1n) is 7.60. The van der Waals surface area contributed by atoms with Crippen molar-refractivity contribution in [2.75, 3.05) is 33.3 Å². The second kappa shape index (κ2) is 7.66. The number of aliphatic carboxylic acids is 1. The van der Waals surface area contributed by atoms with E-state index in [4.69, 9.17) is 9.84 Å². The largest absolute Gasteiger partial charge is 0.495 e. The van der Waals surface area contributed by atoms with Gasteiger partial charge in [0.25, 0.3) is 0 Å². The van der Waals surface area contributed by atoms with Gasteiger partial charge in [-0.2, -0.15) is 4.31 Å². The molecule has 1 aromatic carbocycles. The number of carbonyl (C=O) groups is 2. The lowest BCUT2D eigenvalue weighted by Crippen LogP contribution is -2.49. The van der Waals surface area contributed by atoms with Gasteiger partial charge in [-0.15, -0.1) is 0 Å². The zero-order chi connectivity index (χ0) is 18.6. The summed E-state index contributed by atoms with van der Waals surface area (Å²) >= 11 is 0. The Bertz CT molecular complexity index is 795. The fourth-order valence-electron chi connectivity index (χ4n) is 2.55. The summed E-state index contributed by atoms with van der Waals surface area (Å²) in [6, 6.07) is 4.44. The highest BCUT2D eigenvalue weighted by atomic mass is 32.2. The van der Waals surface area contributed by atoms with Gasteiger partial charge in [-0.25, -0.2) is 13.2 Å². The molecule has 0 atom stereocenters. The van der Waals surface area contributed by atoms with Crippen LogP contribution in [0.4, 0.5) is 0 Å². The molecular weight excluding hydrogens is 348 g/mol. The molecule has 0 aliphatic carbocycles. The Morgan fingerprint density at radius 3 is 2.36 bits per heavy atom. The van der Waals surface area contributed by atoms with Crippen molar-refractivity contribution in [3.05, 3.63) is 29.8 Å². The minimum Gasteiger partial charge on any atom is -0.495 e. The average Bonchev–Trinajstić information content (AvgIpc) is 2.59. The first kappa shape index (κ1) is 18.9. The first-order chi connectivity index (χ1) is 11.8. The third-order valence-electron chi connectivity index (χ3n) is 3.91. The average molecular weight is 368 g/mol. The number of piperazine rings is 1. The second-order valence-corrected chi connectivity index (χ2v) is 7.40. The van der Waals surface area contributed by atoms with Crippen molar-refractivity contribution in [1.82, 2.24) is 9.21 Å². The maximum absolute atomic E-state index is 12.9. The SMILES string of the molecule is COc1ccc(/C=C\C(=O)O)cc1S(=O)(=O)N1CCN(C(C)=O)CC1. The van der Waals surface area contributed by atoms with E-state index in [9.17, 15) is 18.0 Å². The fraction of sp³-hybridized carbons (Fsp3) is 0.375. The van der Waals surface area contributed by atoms with Crippen LogP contribution < -0.4 is 4.74 Å². The number of benzene rings is 1. The van der Waals surface area contributed by atoms with E-state index in [2.05, 4.69) is 0 Å². The number of hydrogen-bond donors (Lipinski definition) is 1. The van der Waals surface area contributed by atoms with Crippen LogP contribution in [0.15, 0.2) is 29.2 Å².